The molecule has 2 rings (SSSR count). The van der Waals surface area contributed by atoms with E-state index in [1.54, 1.807) is 31.2 Å². The van der Waals surface area contributed by atoms with E-state index in [2.05, 4.69) is 4.99 Å². The van der Waals surface area contributed by atoms with Crippen LogP contribution < -0.4 is 0 Å². The van der Waals surface area contributed by atoms with Gasteiger partial charge in [-0.15, -0.1) is 11.3 Å². The van der Waals surface area contributed by atoms with Crippen LogP contribution >= 0.6 is 22.9 Å². The largest absolute Gasteiger partial charge is 0.461 e. The van der Waals surface area contributed by atoms with Gasteiger partial charge < -0.3 is 4.74 Å². The Morgan fingerprint density at radius 1 is 1.32 bits per heavy atom. The first-order valence-electron chi connectivity index (χ1n) is 5.76. The van der Waals surface area contributed by atoms with Gasteiger partial charge in [-0.05, 0) is 42.6 Å². The molecule has 0 amide bonds. The number of hydrogen-bond acceptors (Lipinski definition) is 4. The third kappa shape index (κ3) is 3.66. The second-order valence-electron chi connectivity index (χ2n) is 3.63. The SMILES string of the molecule is CCOC(=O)C(=Nc1ccc(Cl)cc1)c1cccs1. The summed E-state index contributed by atoms with van der Waals surface area (Å²) < 4.78 is 5.03. The molecule has 0 saturated carbocycles. The number of carbonyl (C=O) groups excluding carboxylic acids is 1. The van der Waals surface area contributed by atoms with E-state index in [9.17, 15) is 4.79 Å². The molecule has 3 nitrogen and oxygen atoms in total. The van der Waals surface area contributed by atoms with E-state index in [0.717, 1.165) is 4.88 Å². The van der Waals surface area contributed by atoms with Crippen molar-refractivity contribution in [3.63, 3.8) is 0 Å². The fourth-order valence-corrected chi connectivity index (χ4v) is 2.29. The van der Waals surface area contributed by atoms with Crippen LogP contribution in [0.3, 0.4) is 0 Å². The molecule has 0 aliphatic carbocycles. The van der Waals surface area contributed by atoms with E-state index >= 15 is 0 Å². The average Bonchev–Trinajstić information content (AvgIpc) is 2.92. The summed E-state index contributed by atoms with van der Waals surface area (Å²) >= 11 is 7.27. The molecule has 0 fully saturated rings. The molecule has 1 aromatic heterocycles. The summed E-state index contributed by atoms with van der Waals surface area (Å²) in [5.74, 6) is -0.417. The minimum absolute atomic E-state index is 0.319. The van der Waals surface area contributed by atoms with E-state index in [1.165, 1.54) is 11.3 Å². The first kappa shape index (κ1) is 13.8. The zero-order valence-electron chi connectivity index (χ0n) is 10.3. The van der Waals surface area contributed by atoms with E-state index in [1.807, 2.05) is 17.5 Å². The molecule has 19 heavy (non-hydrogen) atoms. The normalized spacial score (nSPS) is 11.4. The van der Waals surface area contributed by atoms with Gasteiger partial charge in [0.25, 0.3) is 0 Å². The van der Waals surface area contributed by atoms with E-state index in [4.69, 9.17) is 16.3 Å². The summed E-state index contributed by atoms with van der Waals surface area (Å²) in [5.41, 5.74) is 0.986. The zero-order valence-corrected chi connectivity index (χ0v) is 11.9. The summed E-state index contributed by atoms with van der Waals surface area (Å²) in [6.45, 7) is 2.09. The van der Waals surface area contributed by atoms with Crippen LogP contribution in [-0.2, 0) is 9.53 Å². The van der Waals surface area contributed by atoms with Crippen LogP contribution in [0.25, 0.3) is 0 Å². The Morgan fingerprint density at radius 3 is 2.63 bits per heavy atom. The number of benzene rings is 1. The highest BCUT2D eigenvalue weighted by Gasteiger charge is 2.16. The highest BCUT2D eigenvalue weighted by Crippen LogP contribution is 2.20. The highest BCUT2D eigenvalue weighted by molar-refractivity contribution is 7.13. The van der Waals surface area contributed by atoms with Crippen molar-refractivity contribution in [1.82, 2.24) is 0 Å². The maximum absolute atomic E-state index is 11.9. The number of carbonyl (C=O) groups is 1. The number of rotatable bonds is 4. The third-order valence-corrected chi connectivity index (χ3v) is 3.42. The molecule has 0 aliphatic rings. The van der Waals surface area contributed by atoms with Crippen LogP contribution in [0, 0.1) is 0 Å². The molecule has 0 unspecified atom stereocenters. The number of esters is 1. The van der Waals surface area contributed by atoms with E-state index in [-0.39, 0.29) is 0 Å². The molecule has 0 atom stereocenters. The van der Waals surface area contributed by atoms with Gasteiger partial charge in [0, 0.05) is 5.02 Å². The predicted molar refractivity (Wildman–Crippen MR) is 78.6 cm³/mol. The van der Waals surface area contributed by atoms with Crippen LogP contribution in [0.2, 0.25) is 5.02 Å². The fourth-order valence-electron chi connectivity index (χ4n) is 1.46. The molecule has 0 saturated heterocycles. The van der Waals surface area contributed by atoms with Crippen LogP contribution in [-0.4, -0.2) is 18.3 Å². The number of nitrogens with zero attached hydrogens (tertiary/aromatic N) is 1. The number of thiophene rings is 1. The Balaban J connectivity index is 2.37. The topological polar surface area (TPSA) is 38.7 Å². The maximum atomic E-state index is 11.9. The van der Waals surface area contributed by atoms with Crippen molar-refractivity contribution in [3.05, 3.63) is 51.7 Å². The third-order valence-electron chi connectivity index (χ3n) is 2.29. The first-order chi connectivity index (χ1) is 9.20. The molecular weight excluding hydrogens is 282 g/mol. The molecule has 1 heterocycles. The number of halogens is 1. The van der Waals surface area contributed by atoms with Gasteiger partial charge in [-0.3, -0.25) is 0 Å². The molecule has 0 aliphatic heterocycles. The quantitative estimate of drug-likeness (QED) is 0.629. The Labute approximate surface area is 120 Å². The van der Waals surface area contributed by atoms with E-state index < -0.39 is 5.97 Å². The van der Waals surface area contributed by atoms with Crippen LogP contribution in [0.5, 0.6) is 0 Å². The van der Waals surface area contributed by atoms with Gasteiger partial charge in [0.2, 0.25) is 0 Å². The lowest BCUT2D eigenvalue weighted by atomic mass is 10.2. The summed E-state index contributed by atoms with van der Waals surface area (Å²) in [4.78, 5) is 17.1. The summed E-state index contributed by atoms with van der Waals surface area (Å²) in [5, 5.41) is 2.53. The average molecular weight is 294 g/mol. The second kappa shape index (κ2) is 6.50. The zero-order chi connectivity index (χ0) is 13.7. The van der Waals surface area contributed by atoms with Crippen molar-refractivity contribution in [1.29, 1.82) is 0 Å². The van der Waals surface area contributed by atoms with Crippen molar-refractivity contribution < 1.29 is 9.53 Å². The molecule has 2 aromatic rings. The smallest absolute Gasteiger partial charge is 0.358 e. The lowest BCUT2D eigenvalue weighted by Gasteiger charge is -2.04. The van der Waals surface area contributed by atoms with Gasteiger partial charge in [0.15, 0.2) is 5.71 Å². The van der Waals surface area contributed by atoms with Crippen LogP contribution in [0.15, 0.2) is 46.8 Å². The maximum Gasteiger partial charge on any atom is 0.358 e. The number of hydrogen-bond donors (Lipinski definition) is 0. The number of ether oxygens (including phenoxy) is 1. The van der Waals surface area contributed by atoms with Gasteiger partial charge in [-0.25, -0.2) is 9.79 Å². The molecule has 0 bridgehead atoms. The van der Waals surface area contributed by atoms with Crippen molar-refractivity contribution >= 4 is 40.3 Å². The Kier molecular flexibility index (Phi) is 4.71. The molecule has 1 aromatic carbocycles. The Hall–Kier alpha value is -1.65. The van der Waals surface area contributed by atoms with Crippen LogP contribution in [0.4, 0.5) is 5.69 Å². The van der Waals surface area contributed by atoms with Crippen LogP contribution in [0.1, 0.15) is 11.8 Å². The monoisotopic (exact) mass is 293 g/mol. The molecule has 5 heteroatoms. The Bertz CT molecular complexity index is 576. The lowest BCUT2D eigenvalue weighted by molar-refractivity contribution is -0.134. The van der Waals surface area contributed by atoms with Crippen molar-refractivity contribution in [2.75, 3.05) is 6.61 Å². The highest BCUT2D eigenvalue weighted by atomic mass is 35.5. The van der Waals surface area contributed by atoms with Gasteiger partial charge in [0.1, 0.15) is 0 Å². The van der Waals surface area contributed by atoms with Gasteiger partial charge in [0.05, 0.1) is 17.2 Å². The van der Waals surface area contributed by atoms with Crippen molar-refractivity contribution in [3.8, 4) is 0 Å². The van der Waals surface area contributed by atoms with Crippen molar-refractivity contribution in [2.24, 2.45) is 4.99 Å². The van der Waals surface area contributed by atoms with Gasteiger partial charge >= 0.3 is 5.97 Å². The molecule has 98 valence electrons. The molecule has 0 spiro atoms. The molecular formula is C14H12ClNO2S. The lowest BCUT2D eigenvalue weighted by Crippen LogP contribution is -2.17. The first-order valence-corrected chi connectivity index (χ1v) is 7.01. The van der Waals surface area contributed by atoms with Crippen molar-refractivity contribution in [2.45, 2.75) is 6.92 Å². The minimum Gasteiger partial charge on any atom is -0.461 e. The standard InChI is InChI=1S/C14H12ClNO2S/c1-2-18-14(17)13(12-4-3-9-19-12)16-11-7-5-10(15)6-8-11/h3-9H,2H2,1H3. The summed E-state index contributed by atoms with van der Waals surface area (Å²) in [7, 11) is 0. The van der Waals surface area contributed by atoms with Gasteiger partial charge in [-0.2, -0.15) is 0 Å². The predicted octanol–water partition coefficient (Wildman–Crippen LogP) is 4.09. The fraction of sp³-hybridized carbons (Fsp3) is 0.143. The van der Waals surface area contributed by atoms with E-state index in [0.29, 0.717) is 23.0 Å². The Morgan fingerprint density at radius 2 is 2.05 bits per heavy atom. The summed E-state index contributed by atoms with van der Waals surface area (Å²) in [6, 6.07) is 10.7. The molecule has 0 N–H and O–H groups in total. The van der Waals surface area contributed by atoms with Gasteiger partial charge in [-0.1, -0.05) is 17.7 Å². The minimum atomic E-state index is -0.417. The second-order valence-corrected chi connectivity index (χ2v) is 5.02. The summed E-state index contributed by atoms with van der Waals surface area (Å²) in [6.07, 6.45) is 0. The number of aliphatic imine (C=N–C) groups is 1. The molecule has 0 radical (unpaired) electrons.